The summed E-state index contributed by atoms with van der Waals surface area (Å²) in [5.41, 5.74) is -0.597. The first-order valence-corrected chi connectivity index (χ1v) is 17.5. The molecule has 1 aliphatic rings. The summed E-state index contributed by atoms with van der Waals surface area (Å²) in [6.07, 6.45) is -5.44. The molecular formula is C19H22ClF6N5O9P2S. The molecule has 1 saturated heterocycles. The molecule has 6 N–H and O–H groups in total. The predicted molar refractivity (Wildman–Crippen MR) is 139 cm³/mol. The molecule has 1 aliphatic heterocycles. The van der Waals surface area contributed by atoms with Gasteiger partial charge in [-0.3, -0.25) is 9.13 Å². The molecule has 0 bridgehead atoms. The van der Waals surface area contributed by atoms with Crippen molar-refractivity contribution in [2.45, 2.75) is 42.4 Å². The summed E-state index contributed by atoms with van der Waals surface area (Å²) >= 11 is 5.99. The SMILES string of the molecule is C[C@@H](Nc1nc(Cl)nc2c1cnn2[C@@H]1O[C@H](COP(=O)(O)CP(=O)(O)O)C(O)[C@@H]1O)c1ccc(S(F)(F)(F)(F)F)cc1F. The first kappa shape index (κ1) is 33.9. The minimum absolute atomic E-state index is 0.0341. The van der Waals surface area contributed by atoms with Crippen LogP contribution in [0.2, 0.25) is 5.28 Å². The van der Waals surface area contributed by atoms with Crippen molar-refractivity contribution in [1.82, 2.24) is 19.7 Å². The third kappa shape index (κ3) is 7.80. The highest BCUT2D eigenvalue weighted by Gasteiger charge is 2.65. The van der Waals surface area contributed by atoms with Crippen LogP contribution in [0.3, 0.4) is 0 Å². The van der Waals surface area contributed by atoms with E-state index >= 15 is 0 Å². The Labute approximate surface area is 242 Å². The maximum Gasteiger partial charge on any atom is 0.340 e. The van der Waals surface area contributed by atoms with Gasteiger partial charge >= 0.3 is 25.4 Å². The number of ether oxygens (including phenoxy) is 1. The summed E-state index contributed by atoms with van der Waals surface area (Å²) in [5.74, 6) is -3.25. The fraction of sp³-hybridized carbons (Fsp3) is 0.421. The number of aliphatic hydroxyl groups is 2. The van der Waals surface area contributed by atoms with Crippen LogP contribution >= 0.6 is 37.0 Å². The molecule has 3 heterocycles. The highest BCUT2D eigenvalue weighted by atomic mass is 35.5. The number of fused-ring (bicyclic) bond motifs is 1. The molecular weight excluding hydrogens is 686 g/mol. The van der Waals surface area contributed by atoms with E-state index in [1.165, 1.54) is 6.92 Å². The molecule has 0 saturated carbocycles. The van der Waals surface area contributed by atoms with Crippen molar-refractivity contribution >= 4 is 53.9 Å². The minimum atomic E-state index is -10.1. The number of hydrogen-bond donors (Lipinski definition) is 6. The Morgan fingerprint density at radius 2 is 1.79 bits per heavy atom. The second-order valence-corrected chi connectivity index (χ2v) is 16.2. The molecule has 1 fully saturated rings. The van der Waals surface area contributed by atoms with E-state index in [2.05, 4.69) is 24.9 Å². The normalized spacial score (nSPS) is 25.2. The van der Waals surface area contributed by atoms with Crippen LogP contribution in [0.5, 0.6) is 0 Å². The zero-order valence-electron chi connectivity index (χ0n) is 21.2. The molecule has 43 heavy (non-hydrogen) atoms. The van der Waals surface area contributed by atoms with Gasteiger partial charge in [-0.15, -0.1) is 0 Å². The lowest BCUT2D eigenvalue weighted by Gasteiger charge is -2.40. The summed E-state index contributed by atoms with van der Waals surface area (Å²) in [5, 5.41) is 27.2. The average Bonchev–Trinajstić information content (AvgIpc) is 3.35. The molecule has 0 radical (unpaired) electrons. The molecule has 242 valence electrons. The van der Waals surface area contributed by atoms with Crippen molar-refractivity contribution in [2.75, 3.05) is 17.8 Å². The standard InChI is InChI=1S/C19H22ClF6N5O9P2S/c1-8(10-3-2-9(4-12(10)21)43(22,23,24,25)26)28-16-11-5-27-31(17(11)30-19(20)29-16)18-15(33)14(32)13(40-18)6-39-42(37,38)7-41(34,35)36/h2-5,8,13-15,18,32-33H,6-7H2,1H3,(H,37,38)(H,28,29,30)(H2,34,35,36)/t8-,13-,14?,15+,18-/m1/s1. The van der Waals surface area contributed by atoms with Gasteiger partial charge in [0, 0.05) is 5.56 Å². The van der Waals surface area contributed by atoms with Gasteiger partial charge in [0.1, 0.15) is 34.8 Å². The van der Waals surface area contributed by atoms with Crippen LogP contribution in [-0.2, 0) is 18.4 Å². The Morgan fingerprint density at radius 1 is 1.14 bits per heavy atom. The van der Waals surface area contributed by atoms with Crippen LogP contribution in [0.4, 0.5) is 29.6 Å². The number of benzene rings is 1. The fourth-order valence-corrected chi connectivity index (χ4v) is 7.49. The second kappa shape index (κ2) is 10.5. The van der Waals surface area contributed by atoms with Gasteiger partial charge in [-0.05, 0) is 30.7 Å². The van der Waals surface area contributed by atoms with E-state index < -0.39 is 90.1 Å². The Kier molecular flexibility index (Phi) is 8.28. The monoisotopic (exact) mass is 707 g/mol. The van der Waals surface area contributed by atoms with Crippen LogP contribution < -0.4 is 5.32 Å². The van der Waals surface area contributed by atoms with Gasteiger partial charge in [0.2, 0.25) is 5.28 Å². The quantitative estimate of drug-likeness (QED) is 0.0982. The summed E-state index contributed by atoms with van der Waals surface area (Å²) in [6.45, 7) is 0.398. The topological polar surface area (TPSA) is 209 Å². The Hall–Kier alpha value is -2.03. The van der Waals surface area contributed by atoms with Crippen molar-refractivity contribution in [3.8, 4) is 0 Å². The lowest BCUT2D eigenvalue weighted by molar-refractivity contribution is -0.0541. The first-order valence-electron chi connectivity index (χ1n) is 11.6. The smallest absolute Gasteiger partial charge is 0.340 e. The molecule has 0 amide bonds. The van der Waals surface area contributed by atoms with Crippen LogP contribution in [0.1, 0.15) is 24.8 Å². The van der Waals surface area contributed by atoms with Gasteiger partial charge in [-0.25, -0.2) is 9.07 Å². The van der Waals surface area contributed by atoms with Crippen molar-refractivity contribution < 1.29 is 67.1 Å². The maximum absolute atomic E-state index is 14.5. The number of aliphatic hydroxyl groups excluding tert-OH is 2. The van der Waals surface area contributed by atoms with Gasteiger partial charge in [0.05, 0.1) is 24.2 Å². The van der Waals surface area contributed by atoms with Gasteiger partial charge in [0.25, 0.3) is 0 Å². The lowest BCUT2D eigenvalue weighted by Crippen LogP contribution is -2.33. The molecule has 4 rings (SSSR count). The average molecular weight is 708 g/mol. The maximum atomic E-state index is 14.5. The highest BCUT2D eigenvalue weighted by molar-refractivity contribution is 8.45. The second-order valence-electron chi connectivity index (χ2n) is 9.47. The Balaban J connectivity index is 1.57. The van der Waals surface area contributed by atoms with Crippen molar-refractivity contribution in [3.63, 3.8) is 0 Å². The Morgan fingerprint density at radius 3 is 2.37 bits per heavy atom. The molecule has 2 aromatic heterocycles. The highest BCUT2D eigenvalue weighted by Crippen LogP contribution is 3.02. The molecule has 0 spiro atoms. The molecule has 2 unspecified atom stereocenters. The van der Waals surface area contributed by atoms with E-state index in [1.807, 2.05) is 0 Å². The zero-order valence-corrected chi connectivity index (χ0v) is 24.6. The molecule has 14 nitrogen and oxygen atoms in total. The summed E-state index contributed by atoms with van der Waals surface area (Å²) in [7, 11) is -19.9. The third-order valence-electron chi connectivity index (χ3n) is 6.05. The van der Waals surface area contributed by atoms with E-state index in [9.17, 15) is 48.1 Å². The van der Waals surface area contributed by atoms with Gasteiger partial charge in [-0.1, -0.05) is 25.5 Å². The summed E-state index contributed by atoms with van der Waals surface area (Å²) in [6, 6.07) is -0.919. The molecule has 3 aromatic rings. The Bertz CT molecular complexity index is 1670. The largest absolute Gasteiger partial charge is 0.387 e. The van der Waals surface area contributed by atoms with E-state index in [4.69, 9.17) is 26.1 Å². The van der Waals surface area contributed by atoms with Crippen LogP contribution in [0.25, 0.3) is 11.0 Å². The third-order valence-corrected chi connectivity index (χ3v) is 10.8. The number of nitrogens with zero attached hydrogens (tertiary/aromatic N) is 4. The van der Waals surface area contributed by atoms with Crippen LogP contribution in [0, 0.1) is 5.82 Å². The van der Waals surface area contributed by atoms with Crippen LogP contribution in [-0.4, -0.2) is 75.5 Å². The first-order chi connectivity index (χ1) is 19.3. The van der Waals surface area contributed by atoms with Gasteiger partial charge in [0.15, 0.2) is 17.8 Å². The number of halogens is 7. The van der Waals surface area contributed by atoms with E-state index in [0.29, 0.717) is 6.07 Å². The number of hydrogen-bond acceptors (Lipinski definition) is 10. The van der Waals surface area contributed by atoms with Gasteiger partial charge in [-0.2, -0.15) is 15.1 Å². The number of rotatable bonds is 10. The minimum Gasteiger partial charge on any atom is -0.387 e. The van der Waals surface area contributed by atoms with Crippen molar-refractivity contribution in [2.24, 2.45) is 0 Å². The summed E-state index contributed by atoms with van der Waals surface area (Å²) < 4.78 is 114. The zero-order chi connectivity index (χ0) is 32.4. The van der Waals surface area contributed by atoms with Gasteiger partial charge < -0.3 is 39.5 Å². The fourth-order valence-electron chi connectivity index (χ4n) is 4.11. The number of nitrogens with one attached hydrogen (secondary N) is 1. The molecule has 6 atom stereocenters. The van der Waals surface area contributed by atoms with E-state index in [1.54, 1.807) is 0 Å². The lowest BCUT2D eigenvalue weighted by atomic mass is 10.1. The molecule has 0 aliphatic carbocycles. The number of anilines is 1. The molecule has 1 aromatic carbocycles. The van der Waals surface area contributed by atoms with Crippen molar-refractivity contribution in [1.29, 1.82) is 0 Å². The predicted octanol–water partition coefficient (Wildman–Crippen LogP) is 4.41. The van der Waals surface area contributed by atoms with E-state index in [-0.39, 0.29) is 29.0 Å². The summed E-state index contributed by atoms with van der Waals surface area (Å²) in [4.78, 5) is 32.9. The van der Waals surface area contributed by atoms with Crippen LogP contribution in [0.15, 0.2) is 29.3 Å². The molecule has 24 heteroatoms. The van der Waals surface area contributed by atoms with Crippen molar-refractivity contribution in [3.05, 3.63) is 41.1 Å². The van der Waals surface area contributed by atoms with E-state index in [0.717, 1.165) is 10.9 Å². The number of aromatic nitrogens is 4.